The largest absolute Gasteiger partial charge is 0.154 e. The highest BCUT2D eigenvalue weighted by Crippen LogP contribution is 2.02. The molecule has 6 heteroatoms. The lowest BCUT2D eigenvalue weighted by atomic mass is 9.46. The molecule has 0 aliphatic heterocycles. The second-order valence-corrected chi connectivity index (χ2v) is 4.99. The van der Waals surface area contributed by atoms with Crippen LogP contribution in [0.4, 0.5) is 0 Å². The Balaban J connectivity index is 3.71. The Morgan fingerprint density at radius 1 is 0.611 bits per heavy atom. The molecule has 0 saturated heterocycles. The molecule has 0 heterocycles. The number of rotatable bonds is 6. The Bertz CT molecular complexity index is 295. The van der Waals surface area contributed by atoms with Gasteiger partial charge in [0.05, 0.1) is 0 Å². The first kappa shape index (κ1) is 15.7. The van der Waals surface area contributed by atoms with Crippen molar-refractivity contribution >= 4 is 66.7 Å². The van der Waals surface area contributed by atoms with Gasteiger partial charge in [-0.1, -0.05) is 72.9 Å². The van der Waals surface area contributed by atoms with E-state index in [0.717, 1.165) is 0 Å². The van der Waals surface area contributed by atoms with E-state index >= 15 is 0 Å². The topological polar surface area (TPSA) is 0 Å². The lowest BCUT2D eigenvalue weighted by Crippen LogP contribution is -2.57. The molecule has 1 aromatic rings. The molecule has 0 nitrogen and oxygen atoms in total. The molecule has 1 rings (SSSR count). The number of hydrogen-bond acceptors (Lipinski definition) is 0. The standard InChI is InChI=1S/C12H24B6/c1-15-9-7(5-13)8(6-14)10(16-2)12(18-4)11(9)17-3/h15-18H,5-6,13-14H2,1-4H3. The average Bonchev–Trinajstić information content (AvgIpc) is 2.43. The van der Waals surface area contributed by atoms with Crippen LogP contribution in [-0.2, 0) is 12.6 Å². The number of benzene rings is 1. The van der Waals surface area contributed by atoms with Crippen molar-refractivity contribution < 1.29 is 0 Å². The summed E-state index contributed by atoms with van der Waals surface area (Å²) in [6.45, 7) is 9.27. The van der Waals surface area contributed by atoms with Gasteiger partial charge in [0, 0.05) is 0 Å². The molecule has 18 heavy (non-hydrogen) atoms. The molecule has 0 bridgehead atoms. The Morgan fingerprint density at radius 3 is 1.06 bits per heavy atom. The summed E-state index contributed by atoms with van der Waals surface area (Å²) in [7, 11) is 9.40. The highest BCUT2D eigenvalue weighted by molar-refractivity contribution is 6.77. The van der Waals surface area contributed by atoms with Gasteiger partial charge in [0.15, 0.2) is 29.1 Å². The van der Waals surface area contributed by atoms with E-state index in [1.165, 1.54) is 41.8 Å². The van der Waals surface area contributed by atoms with Crippen LogP contribution in [-0.4, -0.2) is 44.8 Å². The third-order valence-corrected chi connectivity index (χ3v) is 4.31. The van der Waals surface area contributed by atoms with Crippen molar-refractivity contribution in [2.45, 2.75) is 39.9 Å². The van der Waals surface area contributed by atoms with Crippen molar-refractivity contribution in [1.82, 2.24) is 0 Å². The van der Waals surface area contributed by atoms with Gasteiger partial charge in [0.1, 0.15) is 15.7 Å². The molecule has 0 saturated carbocycles. The minimum atomic E-state index is 1.19. The summed E-state index contributed by atoms with van der Waals surface area (Å²) in [6, 6.07) is 0. The van der Waals surface area contributed by atoms with Crippen LogP contribution < -0.4 is 21.9 Å². The lowest BCUT2D eigenvalue weighted by molar-refractivity contribution is 1.31. The van der Waals surface area contributed by atoms with Crippen LogP contribution in [0.25, 0.3) is 0 Å². The van der Waals surface area contributed by atoms with Gasteiger partial charge >= 0.3 is 0 Å². The zero-order valence-corrected chi connectivity index (χ0v) is 13.2. The molecular formula is C12H24B6. The minimum Gasteiger partial charge on any atom is -0.0967 e. The van der Waals surface area contributed by atoms with Crippen LogP contribution in [0, 0.1) is 0 Å². The second-order valence-electron chi connectivity index (χ2n) is 4.99. The molecule has 0 atom stereocenters. The Morgan fingerprint density at radius 2 is 0.889 bits per heavy atom. The maximum Gasteiger partial charge on any atom is 0.154 e. The van der Waals surface area contributed by atoms with Crippen LogP contribution in [0.2, 0.25) is 27.3 Å². The van der Waals surface area contributed by atoms with Gasteiger partial charge in [-0.3, -0.25) is 0 Å². The zero-order chi connectivity index (χ0) is 13.7. The molecule has 0 unspecified atom stereocenters. The SMILES string of the molecule is BCc1c(BC)c(BC)c(BC)c(BC)c1CB. The molecule has 0 aliphatic carbocycles. The van der Waals surface area contributed by atoms with E-state index in [1.54, 1.807) is 33.0 Å². The van der Waals surface area contributed by atoms with E-state index in [4.69, 9.17) is 0 Å². The fourth-order valence-electron chi connectivity index (χ4n) is 3.65. The summed E-state index contributed by atoms with van der Waals surface area (Å²) in [5.41, 5.74) is 9.95. The van der Waals surface area contributed by atoms with Crippen LogP contribution in [0.5, 0.6) is 0 Å². The van der Waals surface area contributed by atoms with Crippen molar-refractivity contribution in [3.05, 3.63) is 11.1 Å². The van der Waals surface area contributed by atoms with Gasteiger partial charge in [-0.15, -0.1) is 0 Å². The van der Waals surface area contributed by atoms with Crippen LogP contribution in [0.15, 0.2) is 0 Å². The molecular weight excluding hydrogens is 209 g/mol. The predicted octanol–water partition coefficient (Wildman–Crippen LogP) is -3.61. The third kappa shape index (κ3) is 2.63. The Kier molecular flexibility index (Phi) is 6.32. The maximum atomic E-state index is 2.32. The smallest absolute Gasteiger partial charge is 0.0967 e. The summed E-state index contributed by atoms with van der Waals surface area (Å²) in [6.07, 6.45) is 2.38. The van der Waals surface area contributed by atoms with Crippen LogP contribution >= 0.6 is 0 Å². The van der Waals surface area contributed by atoms with E-state index in [0.29, 0.717) is 0 Å². The van der Waals surface area contributed by atoms with Gasteiger partial charge in [-0.05, 0) is 0 Å². The molecule has 0 aliphatic rings. The summed E-state index contributed by atoms with van der Waals surface area (Å²) in [4.78, 5) is 0. The Labute approximate surface area is 118 Å². The summed E-state index contributed by atoms with van der Waals surface area (Å²) >= 11 is 0. The molecule has 0 spiro atoms. The van der Waals surface area contributed by atoms with Crippen molar-refractivity contribution in [3.8, 4) is 0 Å². The first-order valence-corrected chi connectivity index (χ1v) is 7.86. The lowest BCUT2D eigenvalue weighted by Gasteiger charge is -2.25. The Hall–Kier alpha value is -0.390. The van der Waals surface area contributed by atoms with Gasteiger partial charge in [0.25, 0.3) is 0 Å². The van der Waals surface area contributed by atoms with Crippen molar-refractivity contribution in [1.29, 1.82) is 0 Å². The second kappa shape index (κ2) is 7.26. The summed E-state index contributed by atoms with van der Waals surface area (Å²) < 4.78 is 0. The first-order chi connectivity index (χ1) is 8.69. The molecule has 0 aromatic heterocycles. The third-order valence-electron chi connectivity index (χ3n) is 4.31. The molecule has 90 valence electrons. The molecule has 0 N–H and O–H groups in total. The minimum absolute atomic E-state index is 1.19. The monoisotopic (exact) mass is 234 g/mol. The molecule has 0 radical (unpaired) electrons. The van der Waals surface area contributed by atoms with E-state index in [1.807, 2.05) is 0 Å². The first-order valence-electron chi connectivity index (χ1n) is 7.86. The molecule has 0 fully saturated rings. The molecule has 0 amide bonds. The van der Waals surface area contributed by atoms with E-state index < -0.39 is 0 Å². The van der Waals surface area contributed by atoms with Crippen LogP contribution in [0.1, 0.15) is 11.1 Å². The fraction of sp³-hybridized carbons (Fsp3) is 0.500. The average molecular weight is 233 g/mol. The zero-order valence-electron chi connectivity index (χ0n) is 13.2. The number of hydrogen-bond donors (Lipinski definition) is 0. The maximum absolute atomic E-state index is 2.32. The van der Waals surface area contributed by atoms with E-state index in [-0.39, 0.29) is 0 Å². The van der Waals surface area contributed by atoms with Gasteiger partial charge in [0.2, 0.25) is 0 Å². The van der Waals surface area contributed by atoms with Gasteiger partial charge in [-0.25, -0.2) is 0 Å². The normalized spacial score (nSPS) is 10.0. The summed E-state index contributed by atoms with van der Waals surface area (Å²) in [5, 5.41) is 0. The fourth-order valence-corrected chi connectivity index (χ4v) is 3.65. The quantitative estimate of drug-likeness (QED) is 0.445. The molecule has 1 aromatic carbocycles. The van der Waals surface area contributed by atoms with Crippen molar-refractivity contribution in [2.75, 3.05) is 0 Å². The van der Waals surface area contributed by atoms with Crippen LogP contribution in [0.3, 0.4) is 0 Å². The van der Waals surface area contributed by atoms with E-state index in [9.17, 15) is 0 Å². The highest BCUT2D eigenvalue weighted by atomic mass is 14.1. The summed E-state index contributed by atoms with van der Waals surface area (Å²) in [5.74, 6) is 0. The van der Waals surface area contributed by atoms with Gasteiger partial charge in [-0.2, -0.15) is 0 Å². The van der Waals surface area contributed by atoms with Crippen molar-refractivity contribution in [3.63, 3.8) is 0 Å². The predicted molar refractivity (Wildman–Crippen MR) is 102 cm³/mol. The van der Waals surface area contributed by atoms with Crippen molar-refractivity contribution in [2.24, 2.45) is 0 Å². The van der Waals surface area contributed by atoms with Gasteiger partial charge < -0.3 is 0 Å². The highest BCUT2D eigenvalue weighted by Gasteiger charge is 2.18. The van der Waals surface area contributed by atoms with E-state index in [2.05, 4.69) is 43.0 Å².